The molecule has 0 aromatic carbocycles. The second-order valence-electron chi connectivity index (χ2n) is 5.52. The molecule has 2 aliphatic rings. The lowest BCUT2D eigenvalue weighted by atomic mass is 9.78. The third kappa shape index (κ3) is 3.19. The number of hydrogen-bond acceptors (Lipinski definition) is 3. The van der Waals surface area contributed by atoms with Crippen LogP contribution >= 0.6 is 0 Å². The third-order valence-corrected chi connectivity index (χ3v) is 4.30. The highest BCUT2D eigenvalue weighted by Crippen LogP contribution is 2.33. The summed E-state index contributed by atoms with van der Waals surface area (Å²) in [6, 6.07) is 0.367. The second-order valence-corrected chi connectivity index (χ2v) is 5.52. The number of piperidine rings is 1. The number of aliphatic hydroxyl groups is 1. The van der Waals surface area contributed by atoms with Crippen molar-refractivity contribution in [1.29, 1.82) is 0 Å². The Morgan fingerprint density at radius 3 is 2.59 bits per heavy atom. The molecular formula is C13H24N2O2. The normalized spacial score (nSPS) is 35.7. The van der Waals surface area contributed by atoms with E-state index in [2.05, 4.69) is 4.90 Å². The molecule has 3 unspecified atom stereocenters. The summed E-state index contributed by atoms with van der Waals surface area (Å²) in [6.45, 7) is 1.31. The van der Waals surface area contributed by atoms with E-state index in [-0.39, 0.29) is 12.0 Å². The van der Waals surface area contributed by atoms with Crippen molar-refractivity contribution in [2.75, 3.05) is 13.1 Å². The van der Waals surface area contributed by atoms with Gasteiger partial charge < -0.3 is 10.8 Å². The van der Waals surface area contributed by atoms with Gasteiger partial charge in [0.25, 0.3) is 0 Å². The van der Waals surface area contributed by atoms with Crippen molar-refractivity contribution in [2.45, 2.75) is 57.1 Å². The second kappa shape index (κ2) is 5.83. The molecule has 0 radical (unpaired) electrons. The molecule has 2 fully saturated rings. The van der Waals surface area contributed by atoms with Gasteiger partial charge in [0.2, 0.25) is 5.91 Å². The Kier molecular flexibility index (Phi) is 4.40. The molecule has 98 valence electrons. The number of likely N-dealkylation sites (tertiary alicyclic amines) is 1. The van der Waals surface area contributed by atoms with E-state index >= 15 is 0 Å². The molecule has 1 aliphatic carbocycles. The van der Waals surface area contributed by atoms with Crippen molar-refractivity contribution in [3.63, 3.8) is 0 Å². The van der Waals surface area contributed by atoms with Crippen LogP contribution in [0.5, 0.6) is 0 Å². The van der Waals surface area contributed by atoms with Crippen molar-refractivity contribution in [3.8, 4) is 0 Å². The minimum atomic E-state index is -0.248. The first-order valence-electron chi connectivity index (χ1n) is 6.89. The smallest absolute Gasteiger partial charge is 0.231 e. The average Bonchev–Trinajstić information content (AvgIpc) is 2.30. The van der Waals surface area contributed by atoms with Gasteiger partial charge in [-0.1, -0.05) is 19.3 Å². The highest BCUT2D eigenvalue weighted by atomic mass is 16.3. The van der Waals surface area contributed by atoms with Gasteiger partial charge in [0.05, 0.1) is 12.6 Å². The fourth-order valence-electron chi connectivity index (χ4n) is 3.49. The molecule has 1 amide bonds. The Hall–Kier alpha value is -0.610. The zero-order valence-electron chi connectivity index (χ0n) is 10.5. The topological polar surface area (TPSA) is 66.6 Å². The third-order valence-electron chi connectivity index (χ3n) is 4.30. The molecule has 2 rings (SSSR count). The van der Waals surface area contributed by atoms with Crippen LogP contribution in [0.3, 0.4) is 0 Å². The van der Waals surface area contributed by atoms with Crippen LogP contribution in [-0.2, 0) is 4.79 Å². The predicted octanol–water partition coefficient (Wildman–Crippen LogP) is 0.877. The van der Waals surface area contributed by atoms with Crippen LogP contribution in [0.1, 0.15) is 44.9 Å². The Balaban J connectivity index is 2.01. The number of primary amides is 1. The van der Waals surface area contributed by atoms with Gasteiger partial charge in [0.1, 0.15) is 0 Å². The minimum absolute atomic E-state index is 0.178. The number of amides is 1. The number of nitrogens with two attached hydrogens (primary N) is 1. The molecule has 17 heavy (non-hydrogen) atoms. The zero-order chi connectivity index (χ0) is 12.3. The largest absolute Gasteiger partial charge is 0.393 e. The molecule has 0 aromatic heterocycles. The fourth-order valence-corrected chi connectivity index (χ4v) is 3.49. The molecule has 0 aromatic rings. The van der Waals surface area contributed by atoms with Crippen LogP contribution in [0.25, 0.3) is 0 Å². The number of nitrogens with zero attached hydrogens (tertiary/aromatic N) is 1. The molecule has 1 saturated carbocycles. The van der Waals surface area contributed by atoms with Gasteiger partial charge in [-0.15, -0.1) is 0 Å². The summed E-state index contributed by atoms with van der Waals surface area (Å²) in [7, 11) is 0. The Labute approximate surface area is 103 Å². The van der Waals surface area contributed by atoms with Crippen molar-refractivity contribution in [3.05, 3.63) is 0 Å². The first-order chi connectivity index (χ1) is 8.18. The van der Waals surface area contributed by atoms with Gasteiger partial charge >= 0.3 is 0 Å². The van der Waals surface area contributed by atoms with Gasteiger partial charge in [-0.05, 0) is 32.2 Å². The Morgan fingerprint density at radius 1 is 1.18 bits per heavy atom. The van der Waals surface area contributed by atoms with Crippen molar-refractivity contribution in [2.24, 2.45) is 11.7 Å². The number of rotatable bonds is 3. The maximum absolute atomic E-state index is 11.1. The van der Waals surface area contributed by atoms with E-state index in [0.717, 1.165) is 38.6 Å². The molecule has 1 saturated heterocycles. The lowest BCUT2D eigenvalue weighted by molar-refractivity contribution is -0.121. The van der Waals surface area contributed by atoms with Crippen LogP contribution in [0.4, 0.5) is 0 Å². The number of carbonyl (C=O) groups is 1. The van der Waals surface area contributed by atoms with E-state index in [9.17, 15) is 9.90 Å². The van der Waals surface area contributed by atoms with Crippen LogP contribution in [0.15, 0.2) is 0 Å². The molecule has 3 atom stereocenters. The van der Waals surface area contributed by atoms with Crippen LogP contribution < -0.4 is 5.73 Å². The van der Waals surface area contributed by atoms with Crippen LogP contribution in [0, 0.1) is 5.92 Å². The van der Waals surface area contributed by atoms with Gasteiger partial charge in [0.15, 0.2) is 0 Å². The summed E-state index contributed by atoms with van der Waals surface area (Å²) in [5.41, 5.74) is 5.31. The van der Waals surface area contributed by atoms with Crippen molar-refractivity contribution >= 4 is 5.91 Å². The molecule has 0 bridgehead atoms. The quantitative estimate of drug-likeness (QED) is 0.769. The fraction of sp³-hybridized carbons (Fsp3) is 0.923. The lowest BCUT2D eigenvalue weighted by Gasteiger charge is -2.43. The van der Waals surface area contributed by atoms with Gasteiger partial charge in [-0.2, -0.15) is 0 Å². The molecule has 1 aliphatic heterocycles. The van der Waals surface area contributed by atoms with E-state index in [1.165, 1.54) is 12.8 Å². The summed E-state index contributed by atoms with van der Waals surface area (Å²) in [4.78, 5) is 13.3. The van der Waals surface area contributed by atoms with Crippen LogP contribution in [-0.4, -0.2) is 41.1 Å². The van der Waals surface area contributed by atoms with Gasteiger partial charge in [-0.25, -0.2) is 0 Å². The Morgan fingerprint density at radius 2 is 1.88 bits per heavy atom. The highest BCUT2D eigenvalue weighted by Gasteiger charge is 2.35. The Bertz CT molecular complexity index is 270. The van der Waals surface area contributed by atoms with E-state index in [4.69, 9.17) is 5.73 Å². The van der Waals surface area contributed by atoms with E-state index in [0.29, 0.717) is 18.5 Å². The molecule has 3 N–H and O–H groups in total. The molecule has 4 heteroatoms. The van der Waals surface area contributed by atoms with Gasteiger partial charge in [0, 0.05) is 12.0 Å². The molecule has 0 spiro atoms. The summed E-state index contributed by atoms with van der Waals surface area (Å²) in [6.07, 6.45) is 7.66. The maximum atomic E-state index is 11.1. The number of aliphatic hydroxyl groups excluding tert-OH is 1. The first kappa shape index (κ1) is 12.8. The molecular weight excluding hydrogens is 216 g/mol. The summed E-state index contributed by atoms with van der Waals surface area (Å²) < 4.78 is 0. The molecule has 1 heterocycles. The number of hydrogen-bond donors (Lipinski definition) is 2. The maximum Gasteiger partial charge on any atom is 0.231 e. The summed E-state index contributed by atoms with van der Waals surface area (Å²) in [5.74, 6) is 0.102. The van der Waals surface area contributed by atoms with Crippen LogP contribution in [0.2, 0.25) is 0 Å². The zero-order valence-corrected chi connectivity index (χ0v) is 10.5. The summed E-state index contributed by atoms with van der Waals surface area (Å²) in [5, 5.41) is 10.1. The number of carbonyl (C=O) groups excluding carboxylic acids is 1. The summed E-state index contributed by atoms with van der Waals surface area (Å²) >= 11 is 0. The monoisotopic (exact) mass is 240 g/mol. The van der Waals surface area contributed by atoms with Gasteiger partial charge in [-0.3, -0.25) is 9.69 Å². The van der Waals surface area contributed by atoms with E-state index in [1.54, 1.807) is 0 Å². The highest BCUT2D eigenvalue weighted by molar-refractivity contribution is 5.76. The van der Waals surface area contributed by atoms with Crippen molar-refractivity contribution < 1.29 is 9.90 Å². The standard InChI is InChI=1S/C13H24N2O2/c14-13(17)9-15-8-4-3-6-11(15)10-5-1-2-7-12(10)16/h10-12,16H,1-9H2,(H2,14,17). The minimum Gasteiger partial charge on any atom is -0.393 e. The van der Waals surface area contributed by atoms with E-state index < -0.39 is 0 Å². The van der Waals surface area contributed by atoms with E-state index in [1.807, 2.05) is 0 Å². The molecule has 4 nitrogen and oxygen atoms in total. The predicted molar refractivity (Wildman–Crippen MR) is 66.4 cm³/mol. The first-order valence-corrected chi connectivity index (χ1v) is 6.89. The van der Waals surface area contributed by atoms with Crippen molar-refractivity contribution in [1.82, 2.24) is 4.90 Å². The lowest BCUT2D eigenvalue weighted by Crippen LogP contribution is -2.51. The average molecular weight is 240 g/mol. The SMILES string of the molecule is NC(=O)CN1CCCCC1C1CCCCC1O.